The van der Waals surface area contributed by atoms with Crippen LogP contribution in [0.2, 0.25) is 0 Å². The van der Waals surface area contributed by atoms with Crippen molar-refractivity contribution in [3.05, 3.63) is 36.0 Å². The van der Waals surface area contributed by atoms with Crippen LogP contribution in [0.3, 0.4) is 0 Å². The molecule has 0 aromatic heterocycles. The second kappa shape index (κ2) is 5.19. The molecular formula is C14H22. The van der Waals surface area contributed by atoms with Gasteiger partial charge in [-0.3, -0.25) is 0 Å². The number of allylic oxidation sites excluding steroid dienone is 5. The van der Waals surface area contributed by atoms with Crippen molar-refractivity contribution in [3.8, 4) is 0 Å². The van der Waals surface area contributed by atoms with E-state index in [1.54, 1.807) is 5.57 Å². The van der Waals surface area contributed by atoms with E-state index in [0.717, 1.165) is 11.8 Å². The SMILES string of the molecule is C=CC1=CC=C(CC)C(C(C)CC)C1. The quantitative estimate of drug-likeness (QED) is 0.612. The van der Waals surface area contributed by atoms with Crippen LogP contribution in [-0.2, 0) is 0 Å². The maximum atomic E-state index is 3.86. The van der Waals surface area contributed by atoms with Crippen LogP contribution in [0.4, 0.5) is 0 Å². The number of hydrogen-bond donors (Lipinski definition) is 0. The lowest BCUT2D eigenvalue weighted by Gasteiger charge is -2.28. The molecule has 2 atom stereocenters. The predicted molar refractivity (Wildman–Crippen MR) is 64.2 cm³/mol. The van der Waals surface area contributed by atoms with E-state index in [9.17, 15) is 0 Å². The van der Waals surface area contributed by atoms with Crippen LogP contribution >= 0.6 is 0 Å². The first-order chi connectivity index (χ1) is 6.72. The Bertz CT molecular complexity index is 255. The van der Waals surface area contributed by atoms with Crippen molar-refractivity contribution in [2.24, 2.45) is 11.8 Å². The normalized spacial score (nSPS) is 23.8. The molecule has 0 radical (unpaired) electrons. The molecule has 78 valence electrons. The lowest BCUT2D eigenvalue weighted by molar-refractivity contribution is 0.386. The summed E-state index contributed by atoms with van der Waals surface area (Å²) in [7, 11) is 0. The van der Waals surface area contributed by atoms with Crippen molar-refractivity contribution >= 4 is 0 Å². The third-order valence-corrected chi connectivity index (χ3v) is 3.44. The number of rotatable bonds is 4. The first-order valence-electron chi connectivity index (χ1n) is 5.74. The predicted octanol–water partition coefficient (Wildman–Crippen LogP) is 4.50. The molecule has 0 nitrogen and oxygen atoms in total. The molecule has 0 fully saturated rings. The largest absolute Gasteiger partial charge is 0.0988 e. The molecule has 0 bridgehead atoms. The van der Waals surface area contributed by atoms with Crippen molar-refractivity contribution in [3.63, 3.8) is 0 Å². The van der Waals surface area contributed by atoms with Gasteiger partial charge in [-0.05, 0) is 30.3 Å². The van der Waals surface area contributed by atoms with Gasteiger partial charge in [0.25, 0.3) is 0 Å². The zero-order valence-corrected chi connectivity index (χ0v) is 9.72. The summed E-state index contributed by atoms with van der Waals surface area (Å²) in [6, 6.07) is 0. The van der Waals surface area contributed by atoms with Gasteiger partial charge in [-0.2, -0.15) is 0 Å². The highest BCUT2D eigenvalue weighted by Gasteiger charge is 2.21. The van der Waals surface area contributed by atoms with E-state index in [4.69, 9.17) is 0 Å². The zero-order valence-electron chi connectivity index (χ0n) is 9.72. The van der Waals surface area contributed by atoms with Crippen LogP contribution in [0.5, 0.6) is 0 Å². The molecule has 0 heteroatoms. The van der Waals surface area contributed by atoms with Gasteiger partial charge < -0.3 is 0 Å². The van der Waals surface area contributed by atoms with Gasteiger partial charge in [0, 0.05) is 0 Å². The Kier molecular flexibility index (Phi) is 4.19. The molecule has 0 aromatic rings. The molecule has 1 aliphatic carbocycles. The van der Waals surface area contributed by atoms with Gasteiger partial charge in [0.2, 0.25) is 0 Å². The highest BCUT2D eigenvalue weighted by Crippen LogP contribution is 2.34. The maximum Gasteiger partial charge on any atom is -0.0134 e. The number of hydrogen-bond acceptors (Lipinski definition) is 0. The first kappa shape index (κ1) is 11.3. The average Bonchev–Trinajstić information content (AvgIpc) is 2.27. The van der Waals surface area contributed by atoms with Gasteiger partial charge >= 0.3 is 0 Å². The van der Waals surface area contributed by atoms with E-state index in [-0.39, 0.29) is 0 Å². The van der Waals surface area contributed by atoms with Crippen molar-refractivity contribution < 1.29 is 0 Å². The molecule has 0 aliphatic heterocycles. The molecule has 0 aromatic carbocycles. The highest BCUT2D eigenvalue weighted by atomic mass is 14.3. The van der Waals surface area contributed by atoms with Crippen LogP contribution in [0.1, 0.15) is 40.0 Å². The minimum absolute atomic E-state index is 0.753. The van der Waals surface area contributed by atoms with E-state index >= 15 is 0 Å². The topological polar surface area (TPSA) is 0 Å². The standard InChI is InChI=1S/C14H22/c1-5-11(4)14-10-12(6-2)8-9-13(14)7-3/h6,8-9,11,14H,2,5,7,10H2,1,3-4H3. The van der Waals surface area contributed by atoms with E-state index in [1.807, 2.05) is 6.08 Å². The lowest BCUT2D eigenvalue weighted by atomic mass is 9.77. The van der Waals surface area contributed by atoms with Crippen molar-refractivity contribution in [1.29, 1.82) is 0 Å². The summed E-state index contributed by atoms with van der Waals surface area (Å²) in [5, 5.41) is 0. The lowest BCUT2D eigenvalue weighted by Crippen LogP contribution is -2.16. The van der Waals surface area contributed by atoms with Crippen molar-refractivity contribution in [1.82, 2.24) is 0 Å². The van der Waals surface area contributed by atoms with Crippen molar-refractivity contribution in [2.75, 3.05) is 0 Å². The van der Waals surface area contributed by atoms with E-state index in [2.05, 4.69) is 39.5 Å². The third kappa shape index (κ3) is 2.37. The molecule has 0 heterocycles. The minimum Gasteiger partial charge on any atom is -0.0988 e. The molecule has 1 aliphatic rings. The van der Waals surface area contributed by atoms with Crippen LogP contribution in [0.15, 0.2) is 36.0 Å². The summed E-state index contributed by atoms with van der Waals surface area (Å²) in [6.45, 7) is 10.8. The highest BCUT2D eigenvalue weighted by molar-refractivity contribution is 5.32. The smallest absolute Gasteiger partial charge is 0.0134 e. The second-order valence-corrected chi connectivity index (χ2v) is 4.24. The fourth-order valence-electron chi connectivity index (χ4n) is 2.17. The van der Waals surface area contributed by atoms with Gasteiger partial charge in [-0.25, -0.2) is 0 Å². The molecule has 2 unspecified atom stereocenters. The van der Waals surface area contributed by atoms with Gasteiger partial charge in [-0.15, -0.1) is 0 Å². The van der Waals surface area contributed by atoms with Crippen LogP contribution < -0.4 is 0 Å². The maximum absolute atomic E-state index is 3.86. The van der Waals surface area contributed by atoms with Gasteiger partial charge in [-0.1, -0.05) is 57.6 Å². The Labute approximate surface area is 88.4 Å². The zero-order chi connectivity index (χ0) is 10.6. The fraction of sp³-hybridized carbons (Fsp3) is 0.571. The van der Waals surface area contributed by atoms with Crippen LogP contribution in [-0.4, -0.2) is 0 Å². The Balaban J connectivity index is 2.82. The molecule has 0 amide bonds. The summed E-state index contributed by atoms with van der Waals surface area (Å²) in [5.74, 6) is 1.55. The van der Waals surface area contributed by atoms with Gasteiger partial charge in [0.15, 0.2) is 0 Å². The van der Waals surface area contributed by atoms with Gasteiger partial charge in [0.1, 0.15) is 0 Å². The van der Waals surface area contributed by atoms with E-state index in [0.29, 0.717) is 0 Å². The van der Waals surface area contributed by atoms with Gasteiger partial charge in [0.05, 0.1) is 0 Å². The minimum atomic E-state index is 0.753. The summed E-state index contributed by atoms with van der Waals surface area (Å²) >= 11 is 0. The molecule has 0 saturated heterocycles. The summed E-state index contributed by atoms with van der Waals surface area (Å²) in [4.78, 5) is 0. The summed E-state index contributed by atoms with van der Waals surface area (Å²) in [6.07, 6.45) is 10.2. The molecule has 0 spiro atoms. The third-order valence-electron chi connectivity index (χ3n) is 3.44. The summed E-state index contributed by atoms with van der Waals surface area (Å²) in [5.41, 5.74) is 3.01. The Hall–Kier alpha value is -0.780. The Morgan fingerprint density at radius 1 is 1.50 bits per heavy atom. The monoisotopic (exact) mass is 190 g/mol. The Morgan fingerprint density at radius 2 is 2.21 bits per heavy atom. The molecule has 1 rings (SSSR count). The summed E-state index contributed by atoms with van der Waals surface area (Å²) < 4.78 is 0. The van der Waals surface area contributed by atoms with Crippen LogP contribution in [0, 0.1) is 11.8 Å². The molecular weight excluding hydrogens is 168 g/mol. The van der Waals surface area contributed by atoms with Crippen LogP contribution in [0.25, 0.3) is 0 Å². The first-order valence-corrected chi connectivity index (χ1v) is 5.74. The molecule has 0 saturated carbocycles. The molecule has 0 N–H and O–H groups in total. The van der Waals surface area contributed by atoms with E-state index in [1.165, 1.54) is 24.8 Å². The van der Waals surface area contributed by atoms with Crippen molar-refractivity contribution in [2.45, 2.75) is 40.0 Å². The average molecular weight is 190 g/mol. The Morgan fingerprint density at radius 3 is 2.71 bits per heavy atom. The second-order valence-electron chi connectivity index (χ2n) is 4.24. The fourth-order valence-corrected chi connectivity index (χ4v) is 2.17. The molecule has 14 heavy (non-hydrogen) atoms. The van der Waals surface area contributed by atoms with E-state index < -0.39 is 0 Å².